The maximum absolute atomic E-state index is 11.9. The van der Waals surface area contributed by atoms with Crippen molar-refractivity contribution in [3.8, 4) is 11.8 Å². The van der Waals surface area contributed by atoms with Gasteiger partial charge in [-0.3, -0.25) is 4.79 Å². The topological polar surface area (TPSA) is 49.3 Å². The highest BCUT2D eigenvalue weighted by molar-refractivity contribution is 9.11. The number of rotatable bonds is 3. The van der Waals surface area contributed by atoms with E-state index >= 15 is 0 Å². The number of anilines is 1. The van der Waals surface area contributed by atoms with Crippen LogP contribution >= 0.6 is 27.3 Å². The average Bonchev–Trinajstić information content (AvgIpc) is 2.88. The summed E-state index contributed by atoms with van der Waals surface area (Å²) in [6.07, 6.45) is 0.464. The first-order chi connectivity index (χ1) is 9.69. The normalized spacial score (nSPS) is 9.70. The van der Waals surface area contributed by atoms with Crippen molar-refractivity contribution in [2.24, 2.45) is 0 Å². The third-order valence-corrected chi connectivity index (χ3v) is 3.95. The molecule has 0 saturated heterocycles. The highest BCUT2D eigenvalue weighted by Crippen LogP contribution is 2.21. The third kappa shape index (κ3) is 4.20. The van der Waals surface area contributed by atoms with Gasteiger partial charge in [-0.05, 0) is 46.3 Å². The van der Waals surface area contributed by atoms with E-state index in [0.717, 1.165) is 15.0 Å². The zero-order valence-corrected chi connectivity index (χ0v) is 12.9. The lowest BCUT2D eigenvalue weighted by Gasteiger charge is -2.03. The van der Waals surface area contributed by atoms with Crippen molar-refractivity contribution in [1.29, 1.82) is 0 Å². The lowest BCUT2D eigenvalue weighted by Crippen LogP contribution is -2.10. The second-order valence-corrected chi connectivity index (χ2v) is 6.24. The summed E-state index contributed by atoms with van der Waals surface area (Å²) in [5.41, 5.74) is 2.22. The second-order valence-electron chi connectivity index (χ2n) is 3.95. The lowest BCUT2D eigenvalue weighted by molar-refractivity contribution is 0.102. The Kier molecular flexibility index (Phi) is 5.36. The first-order valence-corrected chi connectivity index (χ1v) is 7.61. The van der Waals surface area contributed by atoms with Crippen molar-refractivity contribution >= 4 is 38.9 Å². The molecule has 0 spiro atoms. The molecule has 2 rings (SSSR count). The van der Waals surface area contributed by atoms with Crippen molar-refractivity contribution in [3.63, 3.8) is 0 Å². The molecule has 20 heavy (non-hydrogen) atoms. The molecule has 3 nitrogen and oxygen atoms in total. The molecule has 0 bridgehead atoms. The van der Waals surface area contributed by atoms with Crippen molar-refractivity contribution in [3.05, 3.63) is 50.6 Å². The minimum absolute atomic E-state index is 0.0668. The Morgan fingerprint density at radius 1 is 1.35 bits per heavy atom. The molecule has 2 aromatic rings. The van der Waals surface area contributed by atoms with Crippen molar-refractivity contribution in [2.45, 2.75) is 6.42 Å². The fraction of sp³-hybridized carbons (Fsp3) is 0.133. The van der Waals surface area contributed by atoms with E-state index in [2.05, 4.69) is 33.1 Å². The van der Waals surface area contributed by atoms with Crippen LogP contribution in [0.4, 0.5) is 5.69 Å². The zero-order chi connectivity index (χ0) is 14.4. The molecule has 1 amide bonds. The summed E-state index contributed by atoms with van der Waals surface area (Å²) < 4.78 is 0.928. The van der Waals surface area contributed by atoms with Gasteiger partial charge in [-0.1, -0.05) is 11.8 Å². The number of hydrogen-bond donors (Lipinski definition) is 2. The fourth-order valence-electron chi connectivity index (χ4n) is 1.49. The molecule has 5 heteroatoms. The van der Waals surface area contributed by atoms with Crippen LogP contribution in [0.3, 0.4) is 0 Å². The molecular formula is C15H12BrNO2S. The van der Waals surface area contributed by atoms with E-state index in [1.807, 2.05) is 24.3 Å². The second kappa shape index (κ2) is 7.25. The minimum Gasteiger partial charge on any atom is -0.395 e. The Morgan fingerprint density at radius 3 is 2.70 bits per heavy atom. The molecule has 1 heterocycles. The van der Waals surface area contributed by atoms with Gasteiger partial charge in [0.1, 0.15) is 0 Å². The summed E-state index contributed by atoms with van der Waals surface area (Å²) in [5.74, 6) is 5.65. The average molecular weight is 350 g/mol. The molecule has 0 aliphatic heterocycles. The third-order valence-electron chi connectivity index (χ3n) is 2.44. The Balaban J connectivity index is 2.01. The van der Waals surface area contributed by atoms with E-state index in [0.29, 0.717) is 12.0 Å². The van der Waals surface area contributed by atoms with Crippen LogP contribution in [-0.4, -0.2) is 17.6 Å². The molecule has 0 fully saturated rings. The molecule has 0 unspecified atom stereocenters. The van der Waals surface area contributed by atoms with E-state index in [-0.39, 0.29) is 12.5 Å². The monoisotopic (exact) mass is 349 g/mol. The number of amides is 1. The highest BCUT2D eigenvalue weighted by atomic mass is 79.9. The van der Waals surface area contributed by atoms with Gasteiger partial charge in [0.15, 0.2) is 0 Å². The van der Waals surface area contributed by atoms with Crippen molar-refractivity contribution in [2.75, 3.05) is 11.9 Å². The first kappa shape index (κ1) is 14.8. The van der Waals surface area contributed by atoms with Crippen LogP contribution in [0.5, 0.6) is 0 Å². The van der Waals surface area contributed by atoms with E-state index in [1.165, 1.54) is 11.3 Å². The van der Waals surface area contributed by atoms with Crippen LogP contribution in [-0.2, 0) is 0 Å². The van der Waals surface area contributed by atoms with Gasteiger partial charge in [-0.15, -0.1) is 11.3 Å². The molecule has 0 aliphatic rings. The molecule has 1 aromatic heterocycles. The van der Waals surface area contributed by atoms with Crippen molar-refractivity contribution in [1.82, 2.24) is 0 Å². The van der Waals surface area contributed by atoms with Crippen LogP contribution in [0.15, 0.2) is 39.5 Å². The van der Waals surface area contributed by atoms with Gasteiger partial charge in [0.05, 0.1) is 16.0 Å². The van der Waals surface area contributed by atoms with Crippen LogP contribution in [0.2, 0.25) is 0 Å². The highest BCUT2D eigenvalue weighted by Gasteiger charge is 2.07. The SMILES string of the molecule is O=C(Nc1ccc(C#CCCO)cc1)c1csc(Br)c1. The number of aliphatic hydroxyl groups excluding tert-OH is 1. The fourth-order valence-corrected chi connectivity index (χ4v) is 2.63. The number of halogens is 1. The van der Waals surface area contributed by atoms with Crippen LogP contribution in [0.1, 0.15) is 22.3 Å². The van der Waals surface area contributed by atoms with Gasteiger partial charge in [-0.25, -0.2) is 0 Å². The zero-order valence-electron chi connectivity index (χ0n) is 10.5. The van der Waals surface area contributed by atoms with Gasteiger partial charge >= 0.3 is 0 Å². The Labute approximate surface area is 129 Å². The van der Waals surface area contributed by atoms with Gasteiger partial charge in [0.2, 0.25) is 0 Å². The first-order valence-electron chi connectivity index (χ1n) is 5.94. The Morgan fingerprint density at radius 2 is 2.10 bits per heavy atom. The van der Waals surface area contributed by atoms with E-state index in [1.54, 1.807) is 11.4 Å². The summed E-state index contributed by atoms with van der Waals surface area (Å²) in [6, 6.07) is 9.08. The minimum atomic E-state index is -0.133. The Hall–Kier alpha value is -1.61. The molecule has 0 saturated carbocycles. The maximum atomic E-state index is 11.9. The number of carbonyl (C=O) groups excluding carboxylic acids is 1. The molecular weight excluding hydrogens is 338 g/mol. The number of benzene rings is 1. The maximum Gasteiger partial charge on any atom is 0.256 e. The summed E-state index contributed by atoms with van der Waals surface area (Å²) in [6.45, 7) is 0.0668. The molecule has 0 atom stereocenters. The van der Waals surface area contributed by atoms with Crippen LogP contribution in [0, 0.1) is 11.8 Å². The number of thiophene rings is 1. The largest absolute Gasteiger partial charge is 0.395 e. The van der Waals surface area contributed by atoms with E-state index in [9.17, 15) is 4.79 Å². The van der Waals surface area contributed by atoms with Crippen molar-refractivity contribution < 1.29 is 9.90 Å². The molecule has 1 aromatic carbocycles. The number of aliphatic hydroxyl groups is 1. The summed E-state index contributed by atoms with van der Waals surface area (Å²) >= 11 is 4.80. The standard InChI is InChI=1S/C15H12BrNO2S/c16-14-9-12(10-20-14)15(19)17-13-6-4-11(5-7-13)3-1-2-8-18/h4-7,9-10,18H,2,8H2,(H,17,19). The Bertz CT molecular complexity index is 653. The predicted molar refractivity (Wildman–Crippen MR) is 85.0 cm³/mol. The molecule has 0 aliphatic carbocycles. The summed E-state index contributed by atoms with van der Waals surface area (Å²) in [5, 5.41) is 13.3. The smallest absolute Gasteiger partial charge is 0.256 e. The number of hydrogen-bond acceptors (Lipinski definition) is 3. The number of carbonyl (C=O) groups is 1. The van der Waals surface area contributed by atoms with Gasteiger partial charge in [-0.2, -0.15) is 0 Å². The van der Waals surface area contributed by atoms with E-state index < -0.39 is 0 Å². The van der Waals surface area contributed by atoms with E-state index in [4.69, 9.17) is 5.11 Å². The summed E-state index contributed by atoms with van der Waals surface area (Å²) in [4.78, 5) is 11.9. The number of nitrogens with one attached hydrogen (secondary N) is 1. The molecule has 2 N–H and O–H groups in total. The van der Waals surface area contributed by atoms with Gasteiger partial charge in [0.25, 0.3) is 5.91 Å². The van der Waals surface area contributed by atoms with Crippen LogP contribution < -0.4 is 5.32 Å². The van der Waals surface area contributed by atoms with Gasteiger partial charge in [0, 0.05) is 23.1 Å². The predicted octanol–water partition coefficient (Wildman–Crippen LogP) is 3.50. The molecule has 102 valence electrons. The summed E-state index contributed by atoms with van der Waals surface area (Å²) in [7, 11) is 0. The molecule has 0 radical (unpaired) electrons. The van der Waals surface area contributed by atoms with Crippen LogP contribution in [0.25, 0.3) is 0 Å². The quantitative estimate of drug-likeness (QED) is 0.833. The van der Waals surface area contributed by atoms with Gasteiger partial charge < -0.3 is 10.4 Å². The lowest BCUT2D eigenvalue weighted by atomic mass is 10.2.